The summed E-state index contributed by atoms with van der Waals surface area (Å²) in [5.74, 6) is -1.01. The van der Waals surface area contributed by atoms with E-state index in [-0.39, 0.29) is 11.8 Å². The SMILES string of the molecule is O=C(O)[C@H]1CCCN(CC(=O)N2CCc3ccccc32)C1. The van der Waals surface area contributed by atoms with Gasteiger partial charge in [0.1, 0.15) is 0 Å². The van der Waals surface area contributed by atoms with Gasteiger partial charge in [0, 0.05) is 18.8 Å². The van der Waals surface area contributed by atoms with Crippen LogP contribution >= 0.6 is 0 Å². The van der Waals surface area contributed by atoms with Gasteiger partial charge >= 0.3 is 5.97 Å². The van der Waals surface area contributed by atoms with E-state index in [4.69, 9.17) is 5.11 Å². The lowest BCUT2D eigenvalue weighted by atomic mass is 9.98. The van der Waals surface area contributed by atoms with Crippen LogP contribution in [0.5, 0.6) is 0 Å². The number of rotatable bonds is 3. The Morgan fingerprint density at radius 3 is 2.86 bits per heavy atom. The largest absolute Gasteiger partial charge is 0.481 e. The summed E-state index contributed by atoms with van der Waals surface area (Å²) in [6, 6.07) is 7.99. The third-order valence-corrected chi connectivity index (χ3v) is 4.40. The maximum absolute atomic E-state index is 12.5. The molecule has 1 N–H and O–H groups in total. The molecule has 112 valence electrons. The fourth-order valence-electron chi connectivity index (χ4n) is 3.27. The van der Waals surface area contributed by atoms with E-state index in [0.717, 1.165) is 31.6 Å². The average molecular weight is 288 g/mol. The second-order valence-corrected chi connectivity index (χ2v) is 5.84. The van der Waals surface area contributed by atoms with Crippen LogP contribution in [0.2, 0.25) is 0 Å². The van der Waals surface area contributed by atoms with Crippen LogP contribution in [0, 0.1) is 5.92 Å². The van der Waals surface area contributed by atoms with Gasteiger partial charge in [-0.15, -0.1) is 0 Å². The molecule has 1 atom stereocenters. The highest BCUT2D eigenvalue weighted by Crippen LogP contribution is 2.27. The summed E-state index contributed by atoms with van der Waals surface area (Å²) in [7, 11) is 0. The van der Waals surface area contributed by atoms with E-state index in [1.54, 1.807) is 0 Å². The summed E-state index contributed by atoms with van der Waals surface area (Å²) in [6.45, 7) is 2.34. The molecule has 1 aromatic rings. The highest BCUT2D eigenvalue weighted by Gasteiger charge is 2.29. The third kappa shape index (κ3) is 2.93. The number of hydrogen-bond donors (Lipinski definition) is 1. The van der Waals surface area contributed by atoms with Gasteiger partial charge in [-0.3, -0.25) is 14.5 Å². The van der Waals surface area contributed by atoms with Gasteiger partial charge in [0.2, 0.25) is 5.91 Å². The molecule has 0 unspecified atom stereocenters. The third-order valence-electron chi connectivity index (χ3n) is 4.40. The summed E-state index contributed by atoms with van der Waals surface area (Å²) in [5, 5.41) is 9.11. The molecule has 0 spiro atoms. The van der Waals surface area contributed by atoms with Crippen molar-refractivity contribution in [1.82, 2.24) is 4.90 Å². The van der Waals surface area contributed by atoms with Crippen LogP contribution in [0.1, 0.15) is 18.4 Å². The maximum atomic E-state index is 12.5. The van der Waals surface area contributed by atoms with E-state index in [2.05, 4.69) is 6.07 Å². The maximum Gasteiger partial charge on any atom is 0.307 e. The van der Waals surface area contributed by atoms with Crippen LogP contribution in [0.15, 0.2) is 24.3 Å². The second kappa shape index (κ2) is 5.85. The summed E-state index contributed by atoms with van der Waals surface area (Å²) in [5.41, 5.74) is 2.22. The molecule has 2 heterocycles. The van der Waals surface area contributed by atoms with Crippen molar-refractivity contribution in [3.05, 3.63) is 29.8 Å². The quantitative estimate of drug-likeness (QED) is 0.912. The average Bonchev–Trinajstić information content (AvgIpc) is 2.91. The summed E-state index contributed by atoms with van der Waals surface area (Å²) in [4.78, 5) is 27.4. The minimum Gasteiger partial charge on any atom is -0.481 e. The molecule has 1 saturated heterocycles. The van der Waals surface area contributed by atoms with Crippen LogP contribution in [0.25, 0.3) is 0 Å². The van der Waals surface area contributed by atoms with Crippen molar-refractivity contribution in [2.45, 2.75) is 19.3 Å². The molecule has 1 fully saturated rings. The Hall–Kier alpha value is -1.88. The minimum absolute atomic E-state index is 0.0750. The zero-order valence-corrected chi connectivity index (χ0v) is 12.0. The topological polar surface area (TPSA) is 60.9 Å². The highest BCUT2D eigenvalue weighted by atomic mass is 16.4. The first-order valence-corrected chi connectivity index (χ1v) is 7.48. The van der Waals surface area contributed by atoms with Crippen molar-refractivity contribution in [3.8, 4) is 0 Å². The van der Waals surface area contributed by atoms with E-state index in [0.29, 0.717) is 19.5 Å². The van der Waals surface area contributed by atoms with Gasteiger partial charge < -0.3 is 10.0 Å². The molecule has 2 aliphatic heterocycles. The number of para-hydroxylation sites is 1. The Kier molecular flexibility index (Phi) is 3.92. The monoisotopic (exact) mass is 288 g/mol. The molecule has 1 amide bonds. The molecule has 0 aliphatic carbocycles. The number of hydrogen-bond acceptors (Lipinski definition) is 3. The zero-order chi connectivity index (χ0) is 14.8. The molecule has 1 aromatic carbocycles. The number of amides is 1. The number of fused-ring (bicyclic) bond motifs is 1. The Balaban J connectivity index is 1.63. The fourth-order valence-corrected chi connectivity index (χ4v) is 3.27. The normalized spacial score (nSPS) is 22.1. The first-order chi connectivity index (χ1) is 10.1. The molecule has 21 heavy (non-hydrogen) atoms. The lowest BCUT2D eigenvalue weighted by molar-refractivity contribution is -0.144. The first-order valence-electron chi connectivity index (χ1n) is 7.48. The number of carboxylic acid groups (broad SMARTS) is 1. The van der Waals surface area contributed by atoms with Crippen LogP contribution in [-0.4, -0.2) is 48.1 Å². The van der Waals surface area contributed by atoms with Gasteiger partial charge in [0.15, 0.2) is 0 Å². The smallest absolute Gasteiger partial charge is 0.307 e. The molecule has 5 heteroatoms. The number of benzene rings is 1. The number of aliphatic carboxylic acids is 1. The van der Waals surface area contributed by atoms with E-state index >= 15 is 0 Å². The van der Waals surface area contributed by atoms with Crippen molar-refractivity contribution >= 4 is 17.6 Å². The summed E-state index contributed by atoms with van der Waals surface area (Å²) in [6.07, 6.45) is 2.47. The number of anilines is 1. The van der Waals surface area contributed by atoms with Crippen LogP contribution < -0.4 is 4.90 Å². The molecule has 0 saturated carbocycles. The van der Waals surface area contributed by atoms with E-state index in [9.17, 15) is 9.59 Å². The van der Waals surface area contributed by atoms with Gasteiger partial charge in [0.05, 0.1) is 12.5 Å². The highest BCUT2D eigenvalue weighted by molar-refractivity contribution is 5.96. The molecular formula is C16H20N2O3. The number of carboxylic acids is 1. The van der Waals surface area contributed by atoms with Crippen molar-refractivity contribution in [1.29, 1.82) is 0 Å². The van der Waals surface area contributed by atoms with Gasteiger partial charge in [-0.2, -0.15) is 0 Å². The van der Waals surface area contributed by atoms with Crippen molar-refractivity contribution < 1.29 is 14.7 Å². The number of piperidine rings is 1. The van der Waals surface area contributed by atoms with Crippen molar-refractivity contribution in [2.24, 2.45) is 5.92 Å². The lowest BCUT2D eigenvalue weighted by Gasteiger charge is -2.31. The standard InChI is InChI=1S/C16H20N2O3/c19-15(11-17-8-3-5-13(10-17)16(20)21)18-9-7-12-4-1-2-6-14(12)18/h1-2,4,6,13H,3,5,7-11H2,(H,20,21)/t13-/m0/s1. The Bertz CT molecular complexity index is 558. The molecule has 3 rings (SSSR count). The lowest BCUT2D eigenvalue weighted by Crippen LogP contribution is -2.45. The summed E-state index contributed by atoms with van der Waals surface area (Å²) >= 11 is 0. The Morgan fingerprint density at radius 2 is 2.05 bits per heavy atom. The number of nitrogens with zero attached hydrogens (tertiary/aromatic N) is 2. The van der Waals surface area contributed by atoms with Crippen LogP contribution in [-0.2, 0) is 16.0 Å². The first kappa shape index (κ1) is 14.1. The van der Waals surface area contributed by atoms with Gasteiger partial charge in [-0.25, -0.2) is 0 Å². The molecule has 5 nitrogen and oxygen atoms in total. The fraction of sp³-hybridized carbons (Fsp3) is 0.500. The Morgan fingerprint density at radius 1 is 1.24 bits per heavy atom. The zero-order valence-electron chi connectivity index (χ0n) is 12.0. The van der Waals surface area contributed by atoms with Crippen molar-refractivity contribution in [3.63, 3.8) is 0 Å². The van der Waals surface area contributed by atoms with Crippen molar-refractivity contribution in [2.75, 3.05) is 31.1 Å². The second-order valence-electron chi connectivity index (χ2n) is 5.84. The number of likely N-dealkylation sites (tertiary alicyclic amines) is 1. The van der Waals surface area contributed by atoms with Crippen LogP contribution in [0.3, 0.4) is 0 Å². The molecule has 0 radical (unpaired) electrons. The van der Waals surface area contributed by atoms with E-state index in [1.165, 1.54) is 5.56 Å². The Labute approximate surface area is 124 Å². The van der Waals surface area contributed by atoms with Gasteiger partial charge in [-0.1, -0.05) is 18.2 Å². The number of carbonyl (C=O) groups excluding carboxylic acids is 1. The predicted octanol–water partition coefficient (Wildman–Crippen LogP) is 1.37. The van der Waals surface area contributed by atoms with Gasteiger partial charge in [0.25, 0.3) is 0 Å². The minimum atomic E-state index is -0.751. The van der Waals surface area contributed by atoms with Crippen LogP contribution in [0.4, 0.5) is 5.69 Å². The molecule has 2 aliphatic rings. The number of carbonyl (C=O) groups is 2. The summed E-state index contributed by atoms with van der Waals surface area (Å²) < 4.78 is 0. The van der Waals surface area contributed by atoms with E-state index in [1.807, 2.05) is 28.0 Å². The molecule has 0 aromatic heterocycles. The van der Waals surface area contributed by atoms with Gasteiger partial charge in [-0.05, 0) is 37.4 Å². The molecule has 0 bridgehead atoms. The molecular weight excluding hydrogens is 268 g/mol. The predicted molar refractivity (Wildman–Crippen MR) is 79.3 cm³/mol. The van der Waals surface area contributed by atoms with E-state index < -0.39 is 5.97 Å².